The molecule has 1 atom stereocenters. The van der Waals surface area contributed by atoms with Crippen molar-refractivity contribution in [2.24, 2.45) is 0 Å². The maximum absolute atomic E-state index is 12.0. The molecule has 6 nitrogen and oxygen atoms in total. The Morgan fingerprint density at radius 1 is 1.50 bits per heavy atom. The van der Waals surface area contributed by atoms with Gasteiger partial charge >= 0.3 is 5.97 Å². The predicted octanol–water partition coefficient (Wildman–Crippen LogP) is 1.85. The van der Waals surface area contributed by atoms with E-state index >= 15 is 0 Å². The summed E-state index contributed by atoms with van der Waals surface area (Å²) in [5.41, 5.74) is -0.308. The minimum atomic E-state index is -3.86. The van der Waals surface area contributed by atoms with Gasteiger partial charge in [-0.2, -0.15) is 0 Å². The molecule has 1 rings (SSSR count). The van der Waals surface area contributed by atoms with Crippen LogP contribution >= 0.6 is 27.5 Å². The molecule has 0 amide bonds. The zero-order valence-corrected chi connectivity index (χ0v) is 13.6. The Hall–Kier alpha value is -0.670. The van der Waals surface area contributed by atoms with E-state index in [4.69, 9.17) is 21.8 Å². The molecule has 0 spiro atoms. The second-order valence-corrected chi connectivity index (χ2v) is 7.11. The molecule has 0 aliphatic rings. The van der Waals surface area contributed by atoms with Crippen molar-refractivity contribution in [2.75, 3.05) is 6.54 Å². The van der Waals surface area contributed by atoms with Gasteiger partial charge in [0.15, 0.2) is 0 Å². The fourth-order valence-electron chi connectivity index (χ4n) is 1.36. The van der Waals surface area contributed by atoms with Crippen LogP contribution in [-0.2, 0) is 10.0 Å². The lowest BCUT2D eigenvalue weighted by atomic mass is 10.2. The molecule has 0 fully saturated rings. The average molecular weight is 387 g/mol. The van der Waals surface area contributed by atoms with Gasteiger partial charge in [-0.05, 0) is 41.4 Å². The van der Waals surface area contributed by atoms with Crippen LogP contribution in [0.1, 0.15) is 23.7 Å². The highest BCUT2D eigenvalue weighted by molar-refractivity contribution is 9.10. The summed E-state index contributed by atoms with van der Waals surface area (Å²) < 4.78 is 26.5. The zero-order valence-electron chi connectivity index (χ0n) is 10.4. The molecule has 0 aliphatic carbocycles. The Kier molecular flexibility index (Phi) is 5.96. The first kappa shape index (κ1) is 17.4. The van der Waals surface area contributed by atoms with Gasteiger partial charge in [0.2, 0.25) is 10.0 Å². The molecule has 0 saturated heterocycles. The quantitative estimate of drug-likeness (QED) is 0.692. The number of aliphatic hydroxyl groups is 1. The molecule has 0 heterocycles. The van der Waals surface area contributed by atoms with E-state index in [0.717, 1.165) is 6.07 Å². The first-order chi connectivity index (χ1) is 9.15. The van der Waals surface area contributed by atoms with Crippen molar-refractivity contribution < 1.29 is 23.4 Å². The topological polar surface area (TPSA) is 104 Å². The summed E-state index contributed by atoms with van der Waals surface area (Å²) in [5, 5.41) is 18.0. The van der Waals surface area contributed by atoms with Gasteiger partial charge < -0.3 is 10.2 Å². The van der Waals surface area contributed by atoms with Crippen LogP contribution in [0.25, 0.3) is 0 Å². The van der Waals surface area contributed by atoms with E-state index in [9.17, 15) is 13.2 Å². The van der Waals surface area contributed by atoms with E-state index in [2.05, 4.69) is 20.7 Å². The molecule has 112 valence electrons. The Labute approximate surface area is 129 Å². The van der Waals surface area contributed by atoms with Gasteiger partial charge in [0.25, 0.3) is 0 Å². The van der Waals surface area contributed by atoms with Crippen LogP contribution in [-0.4, -0.2) is 37.2 Å². The minimum Gasteiger partial charge on any atom is -0.478 e. The maximum atomic E-state index is 12.0. The Balaban J connectivity index is 3.10. The van der Waals surface area contributed by atoms with Crippen LogP contribution in [0.2, 0.25) is 5.02 Å². The molecular formula is C11H13BrClNO5S. The molecule has 0 bridgehead atoms. The summed E-state index contributed by atoms with van der Waals surface area (Å²) in [6.45, 7) is 1.58. The number of rotatable bonds is 6. The summed E-state index contributed by atoms with van der Waals surface area (Å²) in [5.74, 6) is -1.32. The van der Waals surface area contributed by atoms with Crippen LogP contribution in [0.4, 0.5) is 0 Å². The highest BCUT2D eigenvalue weighted by Gasteiger charge is 2.20. The van der Waals surface area contributed by atoms with Crippen LogP contribution in [0.5, 0.6) is 0 Å². The summed E-state index contributed by atoms with van der Waals surface area (Å²) >= 11 is 8.80. The highest BCUT2D eigenvalue weighted by atomic mass is 79.9. The van der Waals surface area contributed by atoms with Gasteiger partial charge in [-0.15, -0.1) is 0 Å². The summed E-state index contributed by atoms with van der Waals surface area (Å²) in [6, 6.07) is 2.21. The number of halogens is 2. The van der Waals surface area contributed by atoms with Crippen LogP contribution < -0.4 is 4.72 Å². The fraction of sp³-hybridized carbons (Fsp3) is 0.364. The number of carboxylic acids is 1. The number of hydrogen-bond acceptors (Lipinski definition) is 4. The Morgan fingerprint density at radius 3 is 2.60 bits per heavy atom. The van der Waals surface area contributed by atoms with Crippen LogP contribution in [0, 0.1) is 0 Å². The predicted molar refractivity (Wildman–Crippen MR) is 77.6 cm³/mol. The minimum absolute atomic E-state index is 0.0443. The number of hydrogen-bond donors (Lipinski definition) is 3. The van der Waals surface area contributed by atoms with Gasteiger partial charge in [0, 0.05) is 11.0 Å². The van der Waals surface area contributed by atoms with Crippen molar-refractivity contribution in [1.82, 2.24) is 4.72 Å². The summed E-state index contributed by atoms with van der Waals surface area (Å²) in [6.07, 6.45) is -0.385. The third-order valence-corrected chi connectivity index (χ3v) is 5.10. The average Bonchev–Trinajstić information content (AvgIpc) is 2.31. The summed E-state index contributed by atoms with van der Waals surface area (Å²) in [7, 11) is -3.86. The van der Waals surface area contributed by atoms with Crippen molar-refractivity contribution >= 4 is 43.5 Å². The molecule has 9 heteroatoms. The van der Waals surface area contributed by atoms with Crippen LogP contribution in [0.3, 0.4) is 0 Å². The van der Waals surface area contributed by atoms with Gasteiger partial charge in [-0.25, -0.2) is 17.9 Å². The number of carboxylic acid groups (broad SMARTS) is 1. The molecule has 1 unspecified atom stereocenters. The third-order valence-electron chi connectivity index (χ3n) is 2.40. The van der Waals surface area contributed by atoms with Crippen LogP contribution in [0.15, 0.2) is 21.5 Å². The van der Waals surface area contributed by atoms with Gasteiger partial charge in [0.05, 0.1) is 21.6 Å². The molecule has 20 heavy (non-hydrogen) atoms. The fourth-order valence-corrected chi connectivity index (χ4v) is 3.26. The van der Waals surface area contributed by atoms with Crippen molar-refractivity contribution in [3.63, 3.8) is 0 Å². The monoisotopic (exact) mass is 385 g/mol. The first-order valence-electron chi connectivity index (χ1n) is 5.55. The van der Waals surface area contributed by atoms with E-state index in [1.54, 1.807) is 0 Å². The zero-order chi connectivity index (χ0) is 15.5. The van der Waals surface area contributed by atoms with E-state index in [-0.39, 0.29) is 32.9 Å². The second kappa shape index (κ2) is 6.86. The standard InChI is InChI=1S/C11H13BrClNO5S/c1-6(15)2-3-14-20(18,19)7-4-8(11(16)17)10(13)9(12)5-7/h4-6,14-15H,2-3H2,1H3,(H,16,17). The van der Waals surface area contributed by atoms with Crippen molar-refractivity contribution in [1.29, 1.82) is 0 Å². The number of benzene rings is 1. The lowest BCUT2D eigenvalue weighted by molar-refractivity contribution is 0.0696. The molecule has 0 aromatic heterocycles. The number of sulfonamides is 1. The lowest BCUT2D eigenvalue weighted by Gasteiger charge is -2.10. The molecule has 1 aromatic carbocycles. The number of nitrogens with one attached hydrogen (secondary N) is 1. The number of carbonyl (C=O) groups is 1. The van der Waals surface area contributed by atoms with Crippen molar-refractivity contribution in [3.8, 4) is 0 Å². The molecule has 0 saturated carbocycles. The Morgan fingerprint density at radius 2 is 2.10 bits per heavy atom. The normalized spacial score (nSPS) is 13.2. The largest absolute Gasteiger partial charge is 0.478 e. The smallest absolute Gasteiger partial charge is 0.337 e. The van der Waals surface area contributed by atoms with Gasteiger partial charge in [-0.1, -0.05) is 11.6 Å². The molecular weight excluding hydrogens is 374 g/mol. The number of aromatic carboxylic acids is 1. The third kappa shape index (κ3) is 4.42. The van der Waals surface area contributed by atoms with E-state index in [1.165, 1.54) is 13.0 Å². The van der Waals surface area contributed by atoms with Crippen molar-refractivity contribution in [3.05, 3.63) is 27.2 Å². The van der Waals surface area contributed by atoms with Crippen molar-refractivity contribution in [2.45, 2.75) is 24.3 Å². The highest BCUT2D eigenvalue weighted by Crippen LogP contribution is 2.29. The molecule has 0 aliphatic heterocycles. The van der Waals surface area contributed by atoms with E-state index in [1.807, 2.05) is 0 Å². The van der Waals surface area contributed by atoms with E-state index < -0.39 is 22.1 Å². The SMILES string of the molecule is CC(O)CCNS(=O)(=O)c1cc(Br)c(Cl)c(C(=O)O)c1. The lowest BCUT2D eigenvalue weighted by Crippen LogP contribution is -2.27. The summed E-state index contributed by atoms with van der Waals surface area (Å²) in [4.78, 5) is 10.8. The molecule has 1 aromatic rings. The Bertz CT molecular complexity index is 617. The second-order valence-electron chi connectivity index (χ2n) is 4.11. The number of aliphatic hydroxyl groups excluding tert-OH is 1. The molecule has 0 radical (unpaired) electrons. The van der Waals surface area contributed by atoms with Gasteiger partial charge in [0.1, 0.15) is 0 Å². The molecule has 3 N–H and O–H groups in total. The first-order valence-corrected chi connectivity index (χ1v) is 8.20. The van der Waals surface area contributed by atoms with E-state index in [0.29, 0.717) is 0 Å². The maximum Gasteiger partial charge on any atom is 0.337 e. The van der Waals surface area contributed by atoms with Gasteiger partial charge in [-0.3, -0.25) is 0 Å².